The number of hydrogen-bond donors (Lipinski definition) is 0. The first kappa shape index (κ1) is 14.1. The lowest BCUT2D eigenvalue weighted by molar-refractivity contribution is 0.0526. The highest BCUT2D eigenvalue weighted by atomic mass is 16.5. The largest absolute Gasteiger partial charge is 0.462 e. The molecule has 0 aliphatic rings. The zero-order chi connectivity index (χ0) is 14.5. The minimum atomic E-state index is -0.314. The standard InChI is InChI=1S/C17H18O3/c1-4-19-17(18)14-8-10-15(11-9-14)20-16-12(2)6-5-7-13(16)3/h5-11H,4H2,1-3H3. The molecule has 2 aromatic carbocycles. The first-order valence-corrected chi connectivity index (χ1v) is 6.63. The first-order chi connectivity index (χ1) is 9.61. The number of benzene rings is 2. The maximum absolute atomic E-state index is 11.6. The van der Waals surface area contributed by atoms with E-state index in [0.29, 0.717) is 17.9 Å². The highest BCUT2D eigenvalue weighted by Gasteiger charge is 2.08. The zero-order valence-electron chi connectivity index (χ0n) is 12.0. The van der Waals surface area contributed by atoms with Crippen molar-refractivity contribution in [3.05, 3.63) is 59.2 Å². The molecule has 104 valence electrons. The summed E-state index contributed by atoms with van der Waals surface area (Å²) in [4.78, 5) is 11.6. The second kappa shape index (κ2) is 6.24. The van der Waals surface area contributed by atoms with E-state index >= 15 is 0 Å². The number of carbonyl (C=O) groups excluding carboxylic acids is 1. The van der Waals surface area contributed by atoms with Crippen LogP contribution in [0.4, 0.5) is 0 Å². The minimum absolute atomic E-state index is 0.314. The SMILES string of the molecule is CCOC(=O)c1ccc(Oc2c(C)cccc2C)cc1. The Kier molecular flexibility index (Phi) is 4.41. The molecule has 0 spiro atoms. The molecule has 0 N–H and O–H groups in total. The Labute approximate surface area is 119 Å². The molecular formula is C17H18O3. The van der Waals surface area contributed by atoms with E-state index in [1.165, 1.54) is 0 Å². The number of ether oxygens (including phenoxy) is 2. The third kappa shape index (κ3) is 3.18. The van der Waals surface area contributed by atoms with E-state index in [-0.39, 0.29) is 5.97 Å². The van der Waals surface area contributed by atoms with Crippen molar-refractivity contribution in [2.24, 2.45) is 0 Å². The van der Waals surface area contributed by atoms with Crippen LogP contribution in [0.5, 0.6) is 11.5 Å². The molecule has 3 nitrogen and oxygen atoms in total. The lowest BCUT2D eigenvalue weighted by Crippen LogP contribution is -2.04. The Morgan fingerprint density at radius 2 is 1.60 bits per heavy atom. The molecule has 0 aliphatic carbocycles. The molecule has 0 atom stereocenters. The topological polar surface area (TPSA) is 35.5 Å². The van der Waals surface area contributed by atoms with Crippen molar-refractivity contribution >= 4 is 5.97 Å². The third-order valence-corrected chi connectivity index (χ3v) is 2.99. The normalized spacial score (nSPS) is 10.2. The predicted molar refractivity (Wildman–Crippen MR) is 78.4 cm³/mol. The monoisotopic (exact) mass is 270 g/mol. The number of hydrogen-bond acceptors (Lipinski definition) is 3. The fourth-order valence-corrected chi connectivity index (χ4v) is 1.95. The van der Waals surface area contributed by atoms with E-state index in [4.69, 9.17) is 9.47 Å². The van der Waals surface area contributed by atoms with E-state index in [1.807, 2.05) is 32.0 Å². The van der Waals surface area contributed by atoms with Gasteiger partial charge in [0.15, 0.2) is 0 Å². The van der Waals surface area contributed by atoms with E-state index in [1.54, 1.807) is 31.2 Å². The number of esters is 1. The molecule has 20 heavy (non-hydrogen) atoms. The van der Waals surface area contributed by atoms with E-state index in [2.05, 4.69) is 0 Å². The van der Waals surface area contributed by atoms with E-state index in [9.17, 15) is 4.79 Å². The van der Waals surface area contributed by atoms with Crippen molar-refractivity contribution in [3.8, 4) is 11.5 Å². The molecule has 0 radical (unpaired) electrons. The minimum Gasteiger partial charge on any atom is -0.462 e. The van der Waals surface area contributed by atoms with Gasteiger partial charge < -0.3 is 9.47 Å². The predicted octanol–water partition coefficient (Wildman–Crippen LogP) is 4.27. The molecule has 0 saturated carbocycles. The van der Waals surface area contributed by atoms with Gasteiger partial charge in [0.05, 0.1) is 12.2 Å². The van der Waals surface area contributed by atoms with Crippen LogP contribution in [0.1, 0.15) is 28.4 Å². The molecule has 0 aliphatic heterocycles. The van der Waals surface area contributed by atoms with Gasteiger partial charge in [-0.25, -0.2) is 4.79 Å². The lowest BCUT2D eigenvalue weighted by Gasteiger charge is -2.11. The Bertz CT molecular complexity index is 580. The Balaban J connectivity index is 2.17. The van der Waals surface area contributed by atoms with E-state index in [0.717, 1.165) is 16.9 Å². The molecule has 0 aromatic heterocycles. The first-order valence-electron chi connectivity index (χ1n) is 6.63. The Hall–Kier alpha value is -2.29. The molecule has 2 rings (SSSR count). The van der Waals surface area contributed by atoms with Crippen LogP contribution in [0.15, 0.2) is 42.5 Å². The Morgan fingerprint density at radius 1 is 1.00 bits per heavy atom. The molecule has 2 aromatic rings. The van der Waals surface area contributed by atoms with Gasteiger partial charge >= 0.3 is 5.97 Å². The summed E-state index contributed by atoms with van der Waals surface area (Å²) < 4.78 is 10.8. The van der Waals surface area contributed by atoms with Gasteiger partial charge in [0.1, 0.15) is 11.5 Å². The summed E-state index contributed by atoms with van der Waals surface area (Å²) in [6.07, 6.45) is 0. The third-order valence-electron chi connectivity index (χ3n) is 2.99. The molecule has 0 amide bonds. The van der Waals surface area contributed by atoms with Crippen molar-refractivity contribution in [3.63, 3.8) is 0 Å². The fraction of sp³-hybridized carbons (Fsp3) is 0.235. The highest BCUT2D eigenvalue weighted by Crippen LogP contribution is 2.28. The van der Waals surface area contributed by atoms with Crippen LogP contribution in [0.2, 0.25) is 0 Å². The van der Waals surface area contributed by atoms with Crippen LogP contribution >= 0.6 is 0 Å². The summed E-state index contributed by atoms with van der Waals surface area (Å²) in [6.45, 7) is 6.18. The molecule has 0 fully saturated rings. The van der Waals surface area contributed by atoms with Gasteiger partial charge in [-0.2, -0.15) is 0 Å². The van der Waals surface area contributed by atoms with Gasteiger partial charge in [-0.05, 0) is 56.2 Å². The molecular weight excluding hydrogens is 252 g/mol. The van der Waals surface area contributed by atoms with Crippen molar-refractivity contribution < 1.29 is 14.3 Å². The van der Waals surface area contributed by atoms with Crippen molar-refractivity contribution in [1.82, 2.24) is 0 Å². The summed E-state index contributed by atoms with van der Waals surface area (Å²) >= 11 is 0. The van der Waals surface area contributed by atoms with E-state index < -0.39 is 0 Å². The van der Waals surface area contributed by atoms with Gasteiger partial charge in [-0.1, -0.05) is 18.2 Å². The number of carbonyl (C=O) groups is 1. The van der Waals surface area contributed by atoms with Crippen LogP contribution < -0.4 is 4.74 Å². The summed E-state index contributed by atoms with van der Waals surface area (Å²) in [6, 6.07) is 13.0. The lowest BCUT2D eigenvalue weighted by atomic mass is 10.1. The number of aryl methyl sites for hydroxylation is 2. The van der Waals surface area contributed by atoms with Crippen LogP contribution in [-0.2, 0) is 4.74 Å². The summed E-state index contributed by atoms with van der Waals surface area (Å²) in [5.74, 6) is 1.25. The zero-order valence-corrected chi connectivity index (χ0v) is 12.0. The second-order valence-electron chi connectivity index (χ2n) is 4.57. The molecule has 0 bridgehead atoms. The summed E-state index contributed by atoms with van der Waals surface area (Å²) in [5, 5.41) is 0. The smallest absolute Gasteiger partial charge is 0.338 e. The van der Waals surface area contributed by atoms with Gasteiger partial charge in [-0.15, -0.1) is 0 Å². The van der Waals surface area contributed by atoms with Gasteiger partial charge in [0, 0.05) is 0 Å². The Morgan fingerprint density at radius 3 is 2.15 bits per heavy atom. The van der Waals surface area contributed by atoms with Crippen LogP contribution in [-0.4, -0.2) is 12.6 Å². The van der Waals surface area contributed by atoms with Crippen LogP contribution in [0.3, 0.4) is 0 Å². The molecule has 0 unspecified atom stereocenters. The van der Waals surface area contributed by atoms with Crippen molar-refractivity contribution in [2.75, 3.05) is 6.61 Å². The summed E-state index contributed by atoms with van der Waals surface area (Å²) in [7, 11) is 0. The van der Waals surface area contributed by atoms with Crippen molar-refractivity contribution in [2.45, 2.75) is 20.8 Å². The average molecular weight is 270 g/mol. The second-order valence-corrected chi connectivity index (χ2v) is 4.57. The number of para-hydroxylation sites is 1. The highest BCUT2D eigenvalue weighted by molar-refractivity contribution is 5.89. The molecule has 3 heteroatoms. The average Bonchev–Trinajstić information content (AvgIpc) is 2.44. The van der Waals surface area contributed by atoms with Crippen molar-refractivity contribution in [1.29, 1.82) is 0 Å². The quantitative estimate of drug-likeness (QED) is 0.778. The van der Waals surface area contributed by atoms with Gasteiger partial charge in [0.2, 0.25) is 0 Å². The van der Waals surface area contributed by atoms with Gasteiger partial charge in [0.25, 0.3) is 0 Å². The maximum Gasteiger partial charge on any atom is 0.338 e. The summed E-state index contributed by atoms with van der Waals surface area (Å²) in [5.41, 5.74) is 2.69. The maximum atomic E-state index is 11.6. The number of rotatable bonds is 4. The fourth-order valence-electron chi connectivity index (χ4n) is 1.95. The van der Waals surface area contributed by atoms with Crippen LogP contribution in [0, 0.1) is 13.8 Å². The van der Waals surface area contributed by atoms with Crippen LogP contribution in [0.25, 0.3) is 0 Å². The molecule has 0 heterocycles. The molecule has 0 saturated heterocycles. The van der Waals surface area contributed by atoms with Gasteiger partial charge in [-0.3, -0.25) is 0 Å².